The van der Waals surface area contributed by atoms with E-state index in [-0.39, 0.29) is 11.9 Å². The predicted molar refractivity (Wildman–Crippen MR) is 103 cm³/mol. The molecule has 1 aromatic carbocycles. The van der Waals surface area contributed by atoms with E-state index in [0.29, 0.717) is 43.3 Å². The Labute approximate surface area is 157 Å². The molecule has 2 rings (SSSR count). The fourth-order valence-electron chi connectivity index (χ4n) is 3.59. The van der Waals surface area contributed by atoms with Gasteiger partial charge in [-0.2, -0.15) is 4.31 Å². The van der Waals surface area contributed by atoms with Gasteiger partial charge in [-0.25, -0.2) is 8.42 Å². The summed E-state index contributed by atoms with van der Waals surface area (Å²) in [6.45, 7) is 5.17. The Morgan fingerprint density at radius 1 is 1.19 bits per heavy atom. The number of benzene rings is 1. The van der Waals surface area contributed by atoms with E-state index < -0.39 is 10.0 Å². The number of carbonyl (C=O) groups is 1. The van der Waals surface area contributed by atoms with Gasteiger partial charge in [0.15, 0.2) is 0 Å². The lowest BCUT2D eigenvalue weighted by Gasteiger charge is -2.19. The molecule has 1 amide bonds. The summed E-state index contributed by atoms with van der Waals surface area (Å²) >= 11 is 0. The Morgan fingerprint density at radius 3 is 2.42 bits per heavy atom. The standard InChI is InChI=1S/C19H31N3O3S/c1-3-22(4-2)26(24,25)17-11-8-15(9-12-17)10-13-19(23)21-18-7-5-6-16(18)14-20/h8-9,11-12,16,18H,3-7,10,13-14,20H2,1-2H3,(H,21,23). The average Bonchev–Trinajstić information content (AvgIpc) is 3.08. The molecule has 6 nitrogen and oxygen atoms in total. The number of aryl methyl sites for hydroxylation is 1. The van der Waals surface area contributed by atoms with Gasteiger partial charge < -0.3 is 11.1 Å². The first-order chi connectivity index (χ1) is 12.4. The number of sulfonamides is 1. The highest BCUT2D eigenvalue weighted by Crippen LogP contribution is 2.24. The highest BCUT2D eigenvalue weighted by Gasteiger charge is 2.27. The highest BCUT2D eigenvalue weighted by molar-refractivity contribution is 7.89. The van der Waals surface area contributed by atoms with Crippen LogP contribution in [0.1, 0.15) is 45.1 Å². The number of nitrogens with two attached hydrogens (primary N) is 1. The molecule has 146 valence electrons. The Hall–Kier alpha value is -1.44. The molecule has 26 heavy (non-hydrogen) atoms. The maximum atomic E-state index is 12.5. The molecule has 1 fully saturated rings. The highest BCUT2D eigenvalue weighted by atomic mass is 32.2. The zero-order valence-corrected chi connectivity index (χ0v) is 16.6. The predicted octanol–water partition coefficient (Wildman–Crippen LogP) is 1.89. The SMILES string of the molecule is CCN(CC)S(=O)(=O)c1ccc(CCC(=O)NC2CCCC2CN)cc1. The van der Waals surface area contributed by atoms with E-state index in [0.717, 1.165) is 24.8 Å². The summed E-state index contributed by atoms with van der Waals surface area (Å²) in [7, 11) is -3.43. The minimum atomic E-state index is -3.43. The summed E-state index contributed by atoms with van der Waals surface area (Å²) in [4.78, 5) is 12.5. The molecule has 2 atom stereocenters. The molecule has 1 saturated carbocycles. The van der Waals surface area contributed by atoms with Crippen LogP contribution in [0.15, 0.2) is 29.2 Å². The first-order valence-electron chi connectivity index (χ1n) is 9.50. The van der Waals surface area contributed by atoms with Crippen LogP contribution in [-0.2, 0) is 21.2 Å². The van der Waals surface area contributed by atoms with Gasteiger partial charge in [0, 0.05) is 25.6 Å². The molecular weight excluding hydrogens is 350 g/mol. The van der Waals surface area contributed by atoms with Crippen LogP contribution in [0, 0.1) is 5.92 Å². The number of hydrogen-bond donors (Lipinski definition) is 2. The van der Waals surface area contributed by atoms with Crippen molar-refractivity contribution in [2.45, 2.75) is 56.9 Å². The second kappa shape index (κ2) is 9.48. The van der Waals surface area contributed by atoms with Crippen molar-refractivity contribution in [3.05, 3.63) is 29.8 Å². The van der Waals surface area contributed by atoms with Crippen LogP contribution in [0.2, 0.25) is 0 Å². The van der Waals surface area contributed by atoms with Crippen LogP contribution in [-0.4, -0.2) is 44.3 Å². The van der Waals surface area contributed by atoms with Gasteiger partial charge in [0.05, 0.1) is 4.90 Å². The third-order valence-corrected chi connectivity index (χ3v) is 7.28. The van der Waals surface area contributed by atoms with Crippen molar-refractivity contribution in [3.63, 3.8) is 0 Å². The van der Waals surface area contributed by atoms with E-state index in [1.807, 2.05) is 13.8 Å². The van der Waals surface area contributed by atoms with Gasteiger partial charge >= 0.3 is 0 Å². The van der Waals surface area contributed by atoms with Crippen molar-refractivity contribution >= 4 is 15.9 Å². The maximum absolute atomic E-state index is 12.5. The zero-order valence-electron chi connectivity index (χ0n) is 15.8. The lowest BCUT2D eigenvalue weighted by Crippen LogP contribution is -2.39. The van der Waals surface area contributed by atoms with E-state index in [1.165, 1.54) is 4.31 Å². The third kappa shape index (κ3) is 5.05. The summed E-state index contributed by atoms with van der Waals surface area (Å²) in [5.74, 6) is 0.429. The first-order valence-corrected chi connectivity index (χ1v) is 10.9. The van der Waals surface area contributed by atoms with Crippen molar-refractivity contribution in [2.75, 3.05) is 19.6 Å². The summed E-state index contributed by atoms with van der Waals surface area (Å²) in [5, 5.41) is 3.09. The topological polar surface area (TPSA) is 92.5 Å². The van der Waals surface area contributed by atoms with Crippen molar-refractivity contribution in [3.8, 4) is 0 Å². The third-order valence-electron chi connectivity index (χ3n) is 5.22. The summed E-state index contributed by atoms with van der Waals surface area (Å²) in [6, 6.07) is 7.04. The van der Waals surface area contributed by atoms with Crippen LogP contribution >= 0.6 is 0 Å². The fraction of sp³-hybridized carbons (Fsp3) is 0.632. The molecule has 0 radical (unpaired) electrons. The molecule has 1 aromatic rings. The fourth-order valence-corrected chi connectivity index (χ4v) is 5.04. The van der Waals surface area contributed by atoms with Gasteiger partial charge in [-0.05, 0) is 49.4 Å². The Balaban J connectivity index is 1.90. The van der Waals surface area contributed by atoms with E-state index in [1.54, 1.807) is 24.3 Å². The van der Waals surface area contributed by atoms with E-state index >= 15 is 0 Å². The first kappa shape index (κ1) is 20.9. The minimum Gasteiger partial charge on any atom is -0.353 e. The van der Waals surface area contributed by atoms with Crippen molar-refractivity contribution in [2.24, 2.45) is 11.7 Å². The normalized spacial score (nSPS) is 20.5. The number of amides is 1. The molecule has 0 heterocycles. The van der Waals surface area contributed by atoms with Crippen LogP contribution in [0.3, 0.4) is 0 Å². The molecule has 7 heteroatoms. The molecular formula is C19H31N3O3S. The largest absolute Gasteiger partial charge is 0.353 e. The van der Waals surface area contributed by atoms with Crippen LogP contribution in [0.4, 0.5) is 0 Å². The van der Waals surface area contributed by atoms with Gasteiger partial charge in [0.1, 0.15) is 0 Å². The lowest BCUT2D eigenvalue weighted by atomic mass is 10.0. The van der Waals surface area contributed by atoms with Gasteiger partial charge in [-0.1, -0.05) is 32.4 Å². The van der Waals surface area contributed by atoms with Gasteiger partial charge in [0.2, 0.25) is 15.9 Å². The van der Waals surface area contributed by atoms with E-state index in [2.05, 4.69) is 5.32 Å². The number of rotatable bonds is 9. The molecule has 2 unspecified atom stereocenters. The monoisotopic (exact) mass is 381 g/mol. The number of carbonyl (C=O) groups excluding carboxylic acids is 1. The van der Waals surface area contributed by atoms with Gasteiger partial charge in [0.25, 0.3) is 0 Å². The second-order valence-corrected chi connectivity index (χ2v) is 8.77. The quantitative estimate of drug-likeness (QED) is 0.683. The summed E-state index contributed by atoms with van der Waals surface area (Å²) in [6.07, 6.45) is 4.21. The molecule has 0 saturated heterocycles. The van der Waals surface area contributed by atoms with Crippen molar-refractivity contribution < 1.29 is 13.2 Å². The van der Waals surface area contributed by atoms with E-state index in [9.17, 15) is 13.2 Å². The second-order valence-electron chi connectivity index (χ2n) is 6.83. The summed E-state index contributed by atoms with van der Waals surface area (Å²) in [5.41, 5.74) is 6.71. The summed E-state index contributed by atoms with van der Waals surface area (Å²) < 4.78 is 26.4. The minimum absolute atomic E-state index is 0.0372. The Morgan fingerprint density at radius 2 is 1.85 bits per heavy atom. The molecule has 1 aliphatic rings. The van der Waals surface area contributed by atoms with Crippen molar-refractivity contribution in [1.29, 1.82) is 0 Å². The average molecular weight is 382 g/mol. The molecule has 0 aliphatic heterocycles. The zero-order chi connectivity index (χ0) is 19.2. The number of nitrogens with zero attached hydrogens (tertiary/aromatic N) is 1. The number of nitrogens with one attached hydrogen (secondary N) is 1. The van der Waals surface area contributed by atoms with E-state index in [4.69, 9.17) is 5.73 Å². The Kier molecular flexibility index (Phi) is 7.61. The van der Waals surface area contributed by atoms with Gasteiger partial charge in [-0.3, -0.25) is 4.79 Å². The molecule has 0 spiro atoms. The van der Waals surface area contributed by atoms with Crippen LogP contribution in [0.25, 0.3) is 0 Å². The van der Waals surface area contributed by atoms with Crippen LogP contribution < -0.4 is 11.1 Å². The Bertz CT molecular complexity index is 684. The molecule has 1 aliphatic carbocycles. The van der Waals surface area contributed by atoms with Crippen molar-refractivity contribution in [1.82, 2.24) is 9.62 Å². The molecule has 0 aromatic heterocycles. The van der Waals surface area contributed by atoms with Gasteiger partial charge in [-0.15, -0.1) is 0 Å². The van der Waals surface area contributed by atoms with Crippen LogP contribution in [0.5, 0.6) is 0 Å². The maximum Gasteiger partial charge on any atom is 0.243 e. The lowest BCUT2D eigenvalue weighted by molar-refractivity contribution is -0.122. The molecule has 3 N–H and O–H groups in total. The molecule has 0 bridgehead atoms. The smallest absolute Gasteiger partial charge is 0.243 e. The number of hydrogen-bond acceptors (Lipinski definition) is 4.